The molecular weight excluding hydrogens is 301 g/mol. The van der Waals surface area contributed by atoms with E-state index in [9.17, 15) is 17.6 Å². The Morgan fingerprint density at radius 1 is 1.23 bits per heavy atom. The normalized spacial score (nSPS) is 11.8. The van der Waals surface area contributed by atoms with Crippen LogP contribution in [0.5, 0.6) is 0 Å². The van der Waals surface area contributed by atoms with E-state index in [-0.39, 0.29) is 9.26 Å². The third-order valence-electron chi connectivity index (χ3n) is 1.39. The Kier molecular flexibility index (Phi) is 2.69. The van der Waals surface area contributed by atoms with Gasteiger partial charge < -0.3 is 5.73 Å². The Balaban J connectivity index is 3.32. The highest BCUT2D eigenvalue weighted by Gasteiger charge is 2.33. The molecule has 0 aliphatic rings. The number of rotatable bonds is 0. The minimum atomic E-state index is -4.54. The average molecular weight is 305 g/mol. The lowest BCUT2D eigenvalue weighted by atomic mass is 10.2. The predicted molar refractivity (Wildman–Crippen MR) is 48.5 cm³/mol. The first-order valence-electron chi connectivity index (χ1n) is 3.14. The summed E-state index contributed by atoms with van der Waals surface area (Å²) in [5.74, 6) is -1.05. The standard InChI is InChI=1S/C7H4F4IN/c8-4-1-3(7(9,10)11)5(12)2-6(4)13/h1-2H,13H2. The summed E-state index contributed by atoms with van der Waals surface area (Å²) in [4.78, 5) is 0. The molecule has 1 nitrogen and oxygen atoms in total. The molecule has 0 fully saturated rings. The first kappa shape index (κ1) is 10.6. The molecule has 13 heavy (non-hydrogen) atoms. The van der Waals surface area contributed by atoms with Gasteiger partial charge in [0.1, 0.15) is 5.82 Å². The quantitative estimate of drug-likeness (QED) is 0.445. The van der Waals surface area contributed by atoms with Gasteiger partial charge in [0.2, 0.25) is 0 Å². The lowest BCUT2D eigenvalue weighted by Crippen LogP contribution is -2.09. The van der Waals surface area contributed by atoms with Gasteiger partial charge in [0.25, 0.3) is 0 Å². The topological polar surface area (TPSA) is 26.0 Å². The molecule has 0 atom stereocenters. The predicted octanol–water partition coefficient (Wildman–Crippen LogP) is 3.03. The van der Waals surface area contributed by atoms with E-state index in [4.69, 9.17) is 5.73 Å². The summed E-state index contributed by atoms with van der Waals surface area (Å²) >= 11 is 1.46. The zero-order chi connectivity index (χ0) is 10.2. The number of alkyl halides is 3. The molecule has 0 saturated heterocycles. The average Bonchev–Trinajstić information content (AvgIpc) is 1.94. The third-order valence-corrected chi connectivity index (χ3v) is 2.28. The van der Waals surface area contributed by atoms with Crippen LogP contribution in [0.4, 0.5) is 23.2 Å². The van der Waals surface area contributed by atoms with Crippen molar-refractivity contribution in [3.05, 3.63) is 27.1 Å². The number of benzene rings is 1. The van der Waals surface area contributed by atoms with Crippen LogP contribution in [0, 0.1) is 9.39 Å². The van der Waals surface area contributed by atoms with Crippen LogP contribution in [0.15, 0.2) is 12.1 Å². The van der Waals surface area contributed by atoms with Crippen LogP contribution in [0.2, 0.25) is 0 Å². The molecule has 0 aliphatic carbocycles. The van der Waals surface area contributed by atoms with Crippen LogP contribution < -0.4 is 5.73 Å². The molecule has 0 amide bonds. The van der Waals surface area contributed by atoms with Gasteiger partial charge in [0.05, 0.1) is 11.3 Å². The van der Waals surface area contributed by atoms with Crippen molar-refractivity contribution in [2.24, 2.45) is 0 Å². The number of halogens is 5. The first-order chi connectivity index (χ1) is 5.82. The van der Waals surface area contributed by atoms with Gasteiger partial charge in [-0.15, -0.1) is 0 Å². The monoisotopic (exact) mass is 305 g/mol. The fourth-order valence-electron chi connectivity index (χ4n) is 0.779. The van der Waals surface area contributed by atoms with Crippen molar-refractivity contribution in [2.45, 2.75) is 6.18 Å². The molecule has 1 rings (SSSR count). The van der Waals surface area contributed by atoms with E-state index in [1.165, 1.54) is 22.6 Å². The molecule has 1 aromatic carbocycles. The van der Waals surface area contributed by atoms with Crippen molar-refractivity contribution in [1.82, 2.24) is 0 Å². The van der Waals surface area contributed by atoms with Crippen LogP contribution in [0.1, 0.15) is 5.56 Å². The molecule has 2 N–H and O–H groups in total. The maximum atomic E-state index is 12.7. The van der Waals surface area contributed by atoms with Gasteiger partial charge in [-0.3, -0.25) is 0 Å². The highest BCUT2D eigenvalue weighted by atomic mass is 127. The van der Waals surface area contributed by atoms with Crippen LogP contribution in [-0.2, 0) is 6.18 Å². The van der Waals surface area contributed by atoms with E-state index < -0.39 is 17.6 Å². The van der Waals surface area contributed by atoms with E-state index in [0.717, 1.165) is 6.07 Å². The summed E-state index contributed by atoms with van der Waals surface area (Å²) in [6, 6.07) is 1.36. The maximum Gasteiger partial charge on any atom is 0.417 e. The second kappa shape index (κ2) is 3.32. The summed E-state index contributed by atoms with van der Waals surface area (Å²) in [5.41, 5.74) is 3.81. The van der Waals surface area contributed by atoms with Crippen LogP contribution in [-0.4, -0.2) is 0 Å². The van der Waals surface area contributed by atoms with Crippen LogP contribution in [0.3, 0.4) is 0 Å². The molecule has 72 valence electrons. The molecule has 0 heterocycles. The molecule has 1 aromatic rings. The Labute approximate surface area is 85.1 Å². The molecule has 0 radical (unpaired) electrons. The number of hydrogen-bond donors (Lipinski definition) is 1. The van der Waals surface area contributed by atoms with Crippen molar-refractivity contribution in [3.63, 3.8) is 0 Å². The lowest BCUT2D eigenvalue weighted by Gasteiger charge is -2.09. The minimum absolute atomic E-state index is 0.107. The van der Waals surface area contributed by atoms with E-state index >= 15 is 0 Å². The van der Waals surface area contributed by atoms with Crippen molar-refractivity contribution < 1.29 is 17.6 Å². The Hall–Kier alpha value is -0.530. The van der Waals surface area contributed by atoms with Crippen molar-refractivity contribution >= 4 is 28.3 Å². The molecule has 0 aliphatic heterocycles. The molecular formula is C7H4F4IN. The highest BCUT2D eigenvalue weighted by molar-refractivity contribution is 14.1. The Morgan fingerprint density at radius 3 is 2.23 bits per heavy atom. The fraction of sp³-hybridized carbons (Fsp3) is 0.143. The second-order valence-corrected chi connectivity index (χ2v) is 3.51. The first-order valence-corrected chi connectivity index (χ1v) is 4.22. The molecule has 0 spiro atoms. The number of nitrogen functional groups attached to an aromatic ring is 1. The Morgan fingerprint density at radius 2 is 1.77 bits per heavy atom. The lowest BCUT2D eigenvalue weighted by molar-refractivity contribution is -0.138. The van der Waals surface area contributed by atoms with Gasteiger partial charge >= 0.3 is 6.18 Å². The summed E-state index contributed by atoms with van der Waals surface area (Å²) < 4.78 is 49.0. The highest BCUT2D eigenvalue weighted by Crippen LogP contribution is 2.34. The number of nitrogens with two attached hydrogens (primary N) is 1. The zero-order valence-electron chi connectivity index (χ0n) is 6.12. The fourth-order valence-corrected chi connectivity index (χ4v) is 1.58. The second-order valence-electron chi connectivity index (χ2n) is 2.35. The smallest absolute Gasteiger partial charge is 0.396 e. The van der Waals surface area contributed by atoms with Gasteiger partial charge in [0, 0.05) is 3.57 Å². The zero-order valence-corrected chi connectivity index (χ0v) is 8.28. The van der Waals surface area contributed by atoms with E-state index in [0.29, 0.717) is 6.07 Å². The summed E-state index contributed by atoms with van der Waals surface area (Å²) in [5, 5.41) is 0. The maximum absolute atomic E-state index is 12.7. The minimum Gasteiger partial charge on any atom is -0.396 e. The molecule has 0 saturated carbocycles. The van der Waals surface area contributed by atoms with Crippen LogP contribution >= 0.6 is 22.6 Å². The summed E-state index contributed by atoms with van der Waals surface area (Å²) in [7, 11) is 0. The van der Waals surface area contributed by atoms with Gasteiger partial charge in [-0.2, -0.15) is 13.2 Å². The third kappa shape index (κ3) is 2.23. The Bertz CT molecular complexity index is 334. The molecule has 0 unspecified atom stereocenters. The molecule has 6 heteroatoms. The van der Waals surface area contributed by atoms with E-state index in [2.05, 4.69) is 0 Å². The van der Waals surface area contributed by atoms with Gasteiger partial charge in [0.15, 0.2) is 0 Å². The van der Waals surface area contributed by atoms with E-state index in [1.54, 1.807) is 0 Å². The SMILES string of the molecule is Nc1cc(I)c(C(F)(F)F)cc1F. The van der Waals surface area contributed by atoms with Gasteiger partial charge in [-0.1, -0.05) is 0 Å². The van der Waals surface area contributed by atoms with Crippen molar-refractivity contribution in [2.75, 3.05) is 5.73 Å². The largest absolute Gasteiger partial charge is 0.417 e. The molecule has 0 aromatic heterocycles. The number of hydrogen-bond acceptors (Lipinski definition) is 1. The van der Waals surface area contributed by atoms with E-state index in [1.807, 2.05) is 0 Å². The summed E-state index contributed by atoms with van der Waals surface area (Å²) in [6.07, 6.45) is -4.54. The van der Waals surface area contributed by atoms with Gasteiger partial charge in [-0.05, 0) is 34.7 Å². The van der Waals surface area contributed by atoms with Crippen LogP contribution in [0.25, 0.3) is 0 Å². The molecule has 0 bridgehead atoms. The number of anilines is 1. The van der Waals surface area contributed by atoms with Crippen molar-refractivity contribution in [3.8, 4) is 0 Å². The van der Waals surface area contributed by atoms with Gasteiger partial charge in [-0.25, -0.2) is 4.39 Å². The summed E-state index contributed by atoms with van der Waals surface area (Å²) in [6.45, 7) is 0. The van der Waals surface area contributed by atoms with Crippen molar-refractivity contribution in [1.29, 1.82) is 0 Å².